The summed E-state index contributed by atoms with van der Waals surface area (Å²) in [7, 11) is -3.48. The van der Waals surface area contributed by atoms with Gasteiger partial charge in [0.1, 0.15) is 0 Å². The van der Waals surface area contributed by atoms with E-state index in [1.807, 2.05) is 0 Å². The van der Waals surface area contributed by atoms with Gasteiger partial charge >= 0.3 is 0 Å². The number of carbonyl (C=O) groups excluding carboxylic acids is 1. The number of piperidine rings is 1. The molecule has 0 radical (unpaired) electrons. The zero-order chi connectivity index (χ0) is 19.7. The van der Waals surface area contributed by atoms with Crippen LogP contribution in [0.2, 0.25) is 0 Å². The van der Waals surface area contributed by atoms with Gasteiger partial charge in [-0.05, 0) is 57.3 Å². The number of carbonyl (C=O) groups is 1. The molecule has 0 spiro atoms. The molecular formula is C20H31N3O3S. The number of hydrogen-bond donors (Lipinski definition) is 2. The first-order valence-corrected chi connectivity index (χ1v) is 11.6. The SMILES string of the molecule is CC(C)(CNC(=O)C1(S(C)(=O)=O)CCNCC1)N1CCc2ccccc2C1. The van der Waals surface area contributed by atoms with Crippen molar-refractivity contribution >= 4 is 15.7 Å². The van der Waals surface area contributed by atoms with Gasteiger partial charge in [-0.2, -0.15) is 0 Å². The van der Waals surface area contributed by atoms with Crippen LogP contribution in [0.1, 0.15) is 37.8 Å². The van der Waals surface area contributed by atoms with Crippen LogP contribution in [-0.4, -0.2) is 61.9 Å². The van der Waals surface area contributed by atoms with Gasteiger partial charge in [0.2, 0.25) is 5.91 Å². The van der Waals surface area contributed by atoms with Crippen LogP contribution >= 0.6 is 0 Å². The first kappa shape index (κ1) is 20.3. The molecule has 0 aromatic heterocycles. The summed E-state index contributed by atoms with van der Waals surface area (Å²) in [6.07, 6.45) is 2.83. The number of nitrogens with zero attached hydrogens (tertiary/aromatic N) is 1. The minimum absolute atomic E-state index is 0.255. The molecule has 6 nitrogen and oxygen atoms in total. The molecule has 2 aliphatic heterocycles. The monoisotopic (exact) mass is 393 g/mol. The van der Waals surface area contributed by atoms with E-state index in [1.165, 1.54) is 17.4 Å². The van der Waals surface area contributed by atoms with E-state index in [4.69, 9.17) is 0 Å². The number of amides is 1. The van der Waals surface area contributed by atoms with E-state index < -0.39 is 14.6 Å². The average Bonchev–Trinajstić information content (AvgIpc) is 2.65. The second-order valence-electron chi connectivity index (χ2n) is 8.45. The topological polar surface area (TPSA) is 78.5 Å². The molecule has 1 aromatic rings. The van der Waals surface area contributed by atoms with E-state index in [1.54, 1.807) is 0 Å². The zero-order valence-corrected chi connectivity index (χ0v) is 17.4. The predicted octanol–water partition coefficient (Wildman–Crippen LogP) is 1.11. The third kappa shape index (κ3) is 4.05. The third-order valence-electron chi connectivity index (χ3n) is 6.20. The molecule has 1 aromatic carbocycles. The fraction of sp³-hybridized carbons (Fsp3) is 0.650. The molecule has 7 heteroatoms. The Morgan fingerprint density at radius 1 is 1.22 bits per heavy atom. The van der Waals surface area contributed by atoms with Crippen molar-refractivity contribution < 1.29 is 13.2 Å². The van der Waals surface area contributed by atoms with Crippen molar-refractivity contribution in [2.45, 2.75) is 49.9 Å². The molecule has 0 aliphatic carbocycles. The van der Waals surface area contributed by atoms with Crippen LogP contribution in [-0.2, 0) is 27.6 Å². The average molecular weight is 394 g/mol. The van der Waals surface area contributed by atoms with E-state index in [9.17, 15) is 13.2 Å². The molecule has 0 bridgehead atoms. The number of nitrogens with one attached hydrogen (secondary N) is 2. The van der Waals surface area contributed by atoms with Crippen molar-refractivity contribution in [3.63, 3.8) is 0 Å². The van der Waals surface area contributed by atoms with Gasteiger partial charge in [-0.1, -0.05) is 24.3 Å². The lowest BCUT2D eigenvalue weighted by Gasteiger charge is -2.42. The molecule has 2 N–H and O–H groups in total. The van der Waals surface area contributed by atoms with Gasteiger partial charge < -0.3 is 10.6 Å². The Kier molecular flexibility index (Phi) is 5.66. The van der Waals surface area contributed by atoms with Gasteiger partial charge in [0.15, 0.2) is 14.6 Å². The maximum Gasteiger partial charge on any atom is 0.241 e. The van der Waals surface area contributed by atoms with Gasteiger partial charge in [0.25, 0.3) is 0 Å². The zero-order valence-electron chi connectivity index (χ0n) is 16.5. The lowest BCUT2D eigenvalue weighted by molar-refractivity contribution is -0.125. The van der Waals surface area contributed by atoms with E-state index in [0.29, 0.717) is 32.5 Å². The summed E-state index contributed by atoms with van der Waals surface area (Å²) in [6.45, 7) is 7.52. The Morgan fingerprint density at radius 2 is 1.85 bits per heavy atom. The quantitative estimate of drug-likeness (QED) is 0.783. The minimum atomic E-state index is -3.48. The van der Waals surface area contributed by atoms with Gasteiger partial charge in [0, 0.05) is 31.4 Å². The summed E-state index contributed by atoms with van der Waals surface area (Å²) in [5.74, 6) is -0.350. The fourth-order valence-electron chi connectivity index (χ4n) is 4.18. The molecule has 1 amide bonds. The summed E-state index contributed by atoms with van der Waals surface area (Å²) < 4.78 is 23.5. The van der Waals surface area contributed by atoms with Crippen LogP contribution in [0.25, 0.3) is 0 Å². The van der Waals surface area contributed by atoms with Crippen LogP contribution in [0.4, 0.5) is 0 Å². The van der Waals surface area contributed by atoms with Crippen molar-refractivity contribution in [2.24, 2.45) is 0 Å². The highest BCUT2D eigenvalue weighted by Crippen LogP contribution is 2.29. The molecule has 1 saturated heterocycles. The Bertz CT molecular complexity index is 798. The van der Waals surface area contributed by atoms with Crippen LogP contribution in [0.5, 0.6) is 0 Å². The van der Waals surface area contributed by atoms with Crippen LogP contribution < -0.4 is 10.6 Å². The molecule has 0 saturated carbocycles. The van der Waals surface area contributed by atoms with E-state index in [-0.39, 0.29) is 11.4 Å². The minimum Gasteiger partial charge on any atom is -0.353 e. The summed E-state index contributed by atoms with van der Waals surface area (Å²) in [6, 6.07) is 8.46. The summed E-state index contributed by atoms with van der Waals surface area (Å²) in [5, 5.41) is 6.12. The Labute approximate surface area is 162 Å². The van der Waals surface area contributed by atoms with Gasteiger partial charge in [-0.15, -0.1) is 0 Å². The number of rotatable bonds is 5. The molecule has 1 fully saturated rings. The van der Waals surface area contributed by atoms with Crippen LogP contribution in [0, 0.1) is 0 Å². The van der Waals surface area contributed by atoms with Crippen LogP contribution in [0.3, 0.4) is 0 Å². The van der Waals surface area contributed by atoms with Crippen molar-refractivity contribution in [2.75, 3.05) is 32.4 Å². The molecule has 2 heterocycles. The van der Waals surface area contributed by atoms with E-state index in [2.05, 4.69) is 53.6 Å². The van der Waals surface area contributed by atoms with Crippen molar-refractivity contribution in [1.29, 1.82) is 0 Å². The van der Waals surface area contributed by atoms with E-state index in [0.717, 1.165) is 19.5 Å². The van der Waals surface area contributed by atoms with Gasteiger partial charge in [0.05, 0.1) is 0 Å². The second kappa shape index (κ2) is 7.53. The Morgan fingerprint density at radius 3 is 2.48 bits per heavy atom. The van der Waals surface area contributed by atoms with Crippen molar-refractivity contribution in [3.8, 4) is 0 Å². The maximum atomic E-state index is 13.0. The van der Waals surface area contributed by atoms with Crippen molar-refractivity contribution in [1.82, 2.24) is 15.5 Å². The molecule has 0 unspecified atom stereocenters. The number of benzene rings is 1. The van der Waals surface area contributed by atoms with Crippen molar-refractivity contribution in [3.05, 3.63) is 35.4 Å². The molecule has 3 rings (SSSR count). The smallest absolute Gasteiger partial charge is 0.241 e. The first-order valence-electron chi connectivity index (χ1n) is 9.66. The Balaban J connectivity index is 1.68. The fourth-order valence-corrected chi connectivity index (χ4v) is 5.53. The molecule has 0 atom stereocenters. The van der Waals surface area contributed by atoms with Gasteiger partial charge in [-0.3, -0.25) is 9.69 Å². The molecular weight excluding hydrogens is 362 g/mol. The standard InChI is InChI=1S/C20H31N3O3S/c1-19(2,23-13-8-16-6-4-5-7-17(16)14-23)15-22-18(24)20(27(3,25)26)9-11-21-12-10-20/h4-7,21H,8-15H2,1-3H3,(H,22,24). The van der Waals surface area contributed by atoms with Crippen LogP contribution in [0.15, 0.2) is 24.3 Å². The summed E-state index contributed by atoms with van der Waals surface area (Å²) in [4.78, 5) is 15.3. The first-order chi connectivity index (χ1) is 12.7. The lowest BCUT2D eigenvalue weighted by Crippen LogP contribution is -2.60. The normalized spacial score (nSPS) is 20.7. The lowest BCUT2D eigenvalue weighted by atomic mass is 9.93. The largest absolute Gasteiger partial charge is 0.353 e. The number of hydrogen-bond acceptors (Lipinski definition) is 5. The van der Waals surface area contributed by atoms with E-state index >= 15 is 0 Å². The predicted molar refractivity (Wildman–Crippen MR) is 107 cm³/mol. The number of sulfone groups is 1. The highest BCUT2D eigenvalue weighted by molar-refractivity contribution is 7.92. The molecule has 27 heavy (non-hydrogen) atoms. The molecule has 2 aliphatic rings. The Hall–Kier alpha value is -1.44. The molecule has 150 valence electrons. The second-order valence-corrected chi connectivity index (χ2v) is 10.8. The number of fused-ring (bicyclic) bond motifs is 1. The highest BCUT2D eigenvalue weighted by Gasteiger charge is 2.49. The summed E-state index contributed by atoms with van der Waals surface area (Å²) >= 11 is 0. The summed E-state index contributed by atoms with van der Waals surface area (Å²) in [5.41, 5.74) is 2.46. The van der Waals surface area contributed by atoms with Gasteiger partial charge in [-0.25, -0.2) is 8.42 Å². The highest BCUT2D eigenvalue weighted by atomic mass is 32.2. The third-order valence-corrected chi connectivity index (χ3v) is 8.22. The maximum absolute atomic E-state index is 13.0.